The number of benzene rings is 1. The van der Waals surface area contributed by atoms with Crippen LogP contribution in [0.15, 0.2) is 24.3 Å². The van der Waals surface area contributed by atoms with Gasteiger partial charge in [0.15, 0.2) is 0 Å². The van der Waals surface area contributed by atoms with Crippen molar-refractivity contribution in [3.05, 3.63) is 35.4 Å². The number of nitrogens with two attached hydrogens (primary N) is 1. The van der Waals surface area contributed by atoms with Gasteiger partial charge in [0, 0.05) is 7.11 Å². The van der Waals surface area contributed by atoms with E-state index in [-0.39, 0.29) is 11.0 Å². The molecular formula is C21H37NO. The maximum absolute atomic E-state index is 5.95. The minimum Gasteiger partial charge on any atom is -0.378 e. The van der Waals surface area contributed by atoms with E-state index in [1.54, 1.807) is 0 Å². The molecule has 1 aromatic rings. The number of hydrogen-bond donors (Lipinski definition) is 1. The molecule has 0 radical (unpaired) electrons. The molecule has 2 N–H and O–H groups in total. The fourth-order valence-electron chi connectivity index (χ4n) is 3.48. The van der Waals surface area contributed by atoms with Crippen molar-refractivity contribution in [2.75, 3.05) is 13.7 Å². The van der Waals surface area contributed by atoms with E-state index in [4.69, 9.17) is 10.5 Å². The normalized spacial score (nSPS) is 12.6. The second-order valence-electron chi connectivity index (χ2n) is 7.75. The molecule has 0 bridgehead atoms. The standard InChI is InChI=1S/C21H37NO/c1-6-12-21(23-5,13-7-2)14-11-18-9-8-10-19(15-18)16-20(3,4)17-22/h8-10,15H,6-7,11-14,16-17,22H2,1-5H3. The lowest BCUT2D eigenvalue weighted by Crippen LogP contribution is -2.32. The van der Waals surface area contributed by atoms with Gasteiger partial charge in [-0.1, -0.05) is 64.8 Å². The Kier molecular flexibility index (Phi) is 8.28. The van der Waals surface area contributed by atoms with Crippen molar-refractivity contribution in [2.24, 2.45) is 11.1 Å². The molecule has 0 fully saturated rings. The van der Waals surface area contributed by atoms with Gasteiger partial charge < -0.3 is 10.5 Å². The Bertz CT molecular complexity index is 447. The van der Waals surface area contributed by atoms with Crippen molar-refractivity contribution in [3.63, 3.8) is 0 Å². The van der Waals surface area contributed by atoms with Crippen molar-refractivity contribution < 1.29 is 4.74 Å². The lowest BCUT2D eigenvalue weighted by molar-refractivity contribution is -0.0320. The van der Waals surface area contributed by atoms with Crippen LogP contribution >= 0.6 is 0 Å². The highest BCUT2D eigenvalue weighted by atomic mass is 16.5. The van der Waals surface area contributed by atoms with Crippen LogP contribution in [-0.2, 0) is 17.6 Å². The molecule has 0 spiro atoms. The molecule has 0 saturated carbocycles. The number of rotatable bonds is 11. The Morgan fingerprint density at radius 2 is 1.61 bits per heavy atom. The number of ether oxygens (including phenoxy) is 1. The molecule has 2 heteroatoms. The summed E-state index contributed by atoms with van der Waals surface area (Å²) in [5, 5.41) is 0. The molecule has 0 aromatic heterocycles. The fourth-order valence-corrected chi connectivity index (χ4v) is 3.48. The van der Waals surface area contributed by atoms with Crippen molar-refractivity contribution >= 4 is 0 Å². The average molecular weight is 320 g/mol. The summed E-state index contributed by atoms with van der Waals surface area (Å²) in [5.74, 6) is 0. The second-order valence-corrected chi connectivity index (χ2v) is 7.75. The summed E-state index contributed by atoms with van der Waals surface area (Å²) in [5.41, 5.74) is 8.91. The van der Waals surface area contributed by atoms with Crippen LogP contribution in [0.4, 0.5) is 0 Å². The molecule has 23 heavy (non-hydrogen) atoms. The van der Waals surface area contributed by atoms with Crippen LogP contribution in [0.5, 0.6) is 0 Å². The molecule has 1 aromatic carbocycles. The van der Waals surface area contributed by atoms with Crippen LogP contribution in [0.1, 0.15) is 70.9 Å². The van der Waals surface area contributed by atoms with Gasteiger partial charge in [0.25, 0.3) is 0 Å². The summed E-state index contributed by atoms with van der Waals surface area (Å²) in [6.07, 6.45) is 7.89. The third-order valence-electron chi connectivity index (χ3n) is 4.94. The Morgan fingerprint density at radius 3 is 2.13 bits per heavy atom. The van der Waals surface area contributed by atoms with E-state index >= 15 is 0 Å². The van der Waals surface area contributed by atoms with Gasteiger partial charge in [-0.25, -0.2) is 0 Å². The van der Waals surface area contributed by atoms with Crippen LogP contribution in [0.2, 0.25) is 0 Å². The molecule has 0 aliphatic carbocycles. The Balaban J connectivity index is 2.76. The summed E-state index contributed by atoms with van der Waals surface area (Å²) in [4.78, 5) is 0. The number of aryl methyl sites for hydroxylation is 1. The molecular weight excluding hydrogens is 282 g/mol. The molecule has 0 saturated heterocycles. The first-order chi connectivity index (χ1) is 10.9. The fraction of sp³-hybridized carbons (Fsp3) is 0.714. The zero-order valence-corrected chi connectivity index (χ0v) is 16.0. The monoisotopic (exact) mass is 319 g/mol. The summed E-state index contributed by atoms with van der Waals surface area (Å²) in [7, 11) is 1.88. The summed E-state index contributed by atoms with van der Waals surface area (Å²) >= 11 is 0. The van der Waals surface area contributed by atoms with Gasteiger partial charge in [0.1, 0.15) is 0 Å². The third kappa shape index (κ3) is 6.64. The topological polar surface area (TPSA) is 35.2 Å². The Morgan fingerprint density at radius 1 is 1.00 bits per heavy atom. The highest BCUT2D eigenvalue weighted by Crippen LogP contribution is 2.29. The average Bonchev–Trinajstić information content (AvgIpc) is 2.53. The molecule has 0 heterocycles. The van der Waals surface area contributed by atoms with Crippen molar-refractivity contribution in [1.82, 2.24) is 0 Å². The van der Waals surface area contributed by atoms with Crippen molar-refractivity contribution in [1.29, 1.82) is 0 Å². The highest BCUT2D eigenvalue weighted by Gasteiger charge is 2.27. The van der Waals surface area contributed by atoms with E-state index in [1.165, 1.54) is 24.0 Å². The Labute approximate surface area is 143 Å². The van der Waals surface area contributed by atoms with Crippen LogP contribution in [-0.4, -0.2) is 19.3 Å². The van der Waals surface area contributed by atoms with Crippen LogP contribution < -0.4 is 5.73 Å². The molecule has 0 amide bonds. The highest BCUT2D eigenvalue weighted by molar-refractivity contribution is 5.25. The van der Waals surface area contributed by atoms with Gasteiger partial charge >= 0.3 is 0 Å². The maximum Gasteiger partial charge on any atom is 0.0681 e. The lowest BCUT2D eigenvalue weighted by atomic mass is 9.84. The van der Waals surface area contributed by atoms with Crippen LogP contribution in [0.25, 0.3) is 0 Å². The number of methoxy groups -OCH3 is 1. The first-order valence-corrected chi connectivity index (χ1v) is 9.23. The van der Waals surface area contributed by atoms with E-state index in [0.29, 0.717) is 0 Å². The predicted molar refractivity (Wildman–Crippen MR) is 101 cm³/mol. The second kappa shape index (κ2) is 9.44. The molecule has 0 atom stereocenters. The van der Waals surface area contributed by atoms with E-state index < -0.39 is 0 Å². The molecule has 0 aliphatic heterocycles. The molecule has 2 nitrogen and oxygen atoms in total. The molecule has 132 valence electrons. The molecule has 0 unspecified atom stereocenters. The van der Waals surface area contributed by atoms with E-state index in [9.17, 15) is 0 Å². The SMILES string of the molecule is CCCC(CCC)(CCc1cccc(CC(C)(C)CN)c1)OC. The van der Waals surface area contributed by atoms with Gasteiger partial charge in [-0.2, -0.15) is 0 Å². The van der Waals surface area contributed by atoms with Crippen molar-refractivity contribution in [2.45, 2.75) is 78.2 Å². The molecule has 1 rings (SSSR count). The van der Waals surface area contributed by atoms with Gasteiger partial charge in [-0.3, -0.25) is 0 Å². The predicted octanol–water partition coefficient (Wildman–Crippen LogP) is 5.13. The van der Waals surface area contributed by atoms with Gasteiger partial charge in [-0.05, 0) is 55.2 Å². The van der Waals surface area contributed by atoms with Crippen molar-refractivity contribution in [3.8, 4) is 0 Å². The summed E-state index contributed by atoms with van der Waals surface area (Å²) in [6, 6.07) is 9.01. The van der Waals surface area contributed by atoms with Gasteiger partial charge in [-0.15, -0.1) is 0 Å². The molecule has 0 aliphatic rings. The Hall–Kier alpha value is -0.860. The largest absolute Gasteiger partial charge is 0.378 e. The van der Waals surface area contributed by atoms with Gasteiger partial charge in [0.2, 0.25) is 0 Å². The zero-order chi connectivity index (χ0) is 17.3. The zero-order valence-electron chi connectivity index (χ0n) is 16.0. The number of hydrogen-bond acceptors (Lipinski definition) is 2. The minimum absolute atomic E-state index is 0.0516. The summed E-state index contributed by atoms with van der Waals surface area (Å²) in [6.45, 7) is 9.69. The summed E-state index contributed by atoms with van der Waals surface area (Å²) < 4.78 is 5.95. The van der Waals surface area contributed by atoms with Gasteiger partial charge in [0.05, 0.1) is 5.60 Å². The first kappa shape index (κ1) is 20.2. The quantitative estimate of drug-likeness (QED) is 0.613. The lowest BCUT2D eigenvalue weighted by Gasteiger charge is -2.32. The van der Waals surface area contributed by atoms with Crippen LogP contribution in [0, 0.1) is 5.41 Å². The first-order valence-electron chi connectivity index (χ1n) is 9.23. The third-order valence-corrected chi connectivity index (χ3v) is 4.94. The van der Waals surface area contributed by atoms with E-state index in [0.717, 1.165) is 38.6 Å². The van der Waals surface area contributed by atoms with Crippen LogP contribution in [0.3, 0.4) is 0 Å². The minimum atomic E-state index is 0.0516. The smallest absolute Gasteiger partial charge is 0.0681 e. The van der Waals surface area contributed by atoms with E-state index in [2.05, 4.69) is 52.0 Å². The van der Waals surface area contributed by atoms with E-state index in [1.807, 2.05) is 7.11 Å². The maximum atomic E-state index is 5.95.